The summed E-state index contributed by atoms with van der Waals surface area (Å²) in [4.78, 5) is 0. The van der Waals surface area contributed by atoms with Crippen molar-refractivity contribution >= 4 is 17.3 Å². The highest BCUT2D eigenvalue weighted by atomic mass is 35.5. The van der Waals surface area contributed by atoms with Gasteiger partial charge in [0.2, 0.25) is 0 Å². The van der Waals surface area contributed by atoms with E-state index >= 15 is 0 Å². The zero-order valence-corrected chi connectivity index (χ0v) is 9.46. The Bertz CT molecular complexity index is 470. The third-order valence-corrected chi connectivity index (χ3v) is 2.59. The van der Waals surface area contributed by atoms with Crippen molar-refractivity contribution < 1.29 is 8.81 Å². The first-order chi connectivity index (χ1) is 7.68. The smallest absolute Gasteiger partial charge is 0.164 e. The summed E-state index contributed by atoms with van der Waals surface area (Å²) in [5.41, 5.74) is 0.372. The Balaban J connectivity index is 2.18. The first-order valence-corrected chi connectivity index (χ1v) is 5.30. The number of furan rings is 1. The fourth-order valence-corrected chi connectivity index (χ4v) is 1.63. The van der Waals surface area contributed by atoms with E-state index in [2.05, 4.69) is 5.32 Å². The van der Waals surface area contributed by atoms with Crippen LogP contribution in [0.5, 0.6) is 0 Å². The molecule has 2 rings (SSSR count). The summed E-state index contributed by atoms with van der Waals surface area (Å²) >= 11 is 5.68. The van der Waals surface area contributed by atoms with E-state index in [4.69, 9.17) is 16.0 Å². The molecule has 1 unspecified atom stereocenters. The lowest BCUT2D eigenvalue weighted by Crippen LogP contribution is -2.07. The van der Waals surface area contributed by atoms with Crippen molar-refractivity contribution in [3.8, 4) is 0 Å². The molecule has 1 N–H and O–H groups in total. The Labute approximate surface area is 98.0 Å². The van der Waals surface area contributed by atoms with E-state index in [1.807, 2.05) is 13.0 Å². The summed E-state index contributed by atoms with van der Waals surface area (Å²) < 4.78 is 18.8. The lowest BCUT2D eigenvalue weighted by molar-refractivity contribution is 0.489. The first kappa shape index (κ1) is 11.0. The average molecular weight is 240 g/mol. The van der Waals surface area contributed by atoms with Crippen molar-refractivity contribution in [3.05, 3.63) is 53.2 Å². The molecule has 1 heterocycles. The lowest BCUT2D eigenvalue weighted by Gasteiger charge is -2.13. The maximum absolute atomic E-state index is 13.6. The van der Waals surface area contributed by atoms with Crippen LogP contribution in [0.25, 0.3) is 0 Å². The zero-order valence-electron chi connectivity index (χ0n) is 8.71. The highest BCUT2D eigenvalue weighted by molar-refractivity contribution is 6.31. The quantitative estimate of drug-likeness (QED) is 0.867. The van der Waals surface area contributed by atoms with Crippen LogP contribution in [0.15, 0.2) is 41.0 Å². The molecule has 0 bridgehead atoms. The van der Waals surface area contributed by atoms with Crippen molar-refractivity contribution in [2.45, 2.75) is 13.0 Å². The molecule has 2 aromatic rings. The van der Waals surface area contributed by atoms with Gasteiger partial charge in [-0.1, -0.05) is 17.7 Å². The van der Waals surface area contributed by atoms with Crippen molar-refractivity contribution in [1.29, 1.82) is 0 Å². The Hall–Kier alpha value is -1.48. The Morgan fingerprint density at radius 3 is 2.81 bits per heavy atom. The van der Waals surface area contributed by atoms with E-state index in [0.717, 1.165) is 5.76 Å². The van der Waals surface area contributed by atoms with Crippen LogP contribution >= 0.6 is 11.6 Å². The van der Waals surface area contributed by atoms with Crippen LogP contribution in [-0.2, 0) is 0 Å². The molecule has 0 aliphatic rings. The minimum absolute atomic E-state index is 0.108. The molecular formula is C12H11ClFNO. The summed E-state index contributed by atoms with van der Waals surface area (Å²) in [5, 5.41) is 3.11. The van der Waals surface area contributed by atoms with Gasteiger partial charge in [0.05, 0.1) is 23.0 Å². The third-order valence-electron chi connectivity index (χ3n) is 2.29. The van der Waals surface area contributed by atoms with Gasteiger partial charge >= 0.3 is 0 Å². The van der Waals surface area contributed by atoms with Gasteiger partial charge in [-0.15, -0.1) is 0 Å². The molecule has 1 atom stereocenters. The van der Waals surface area contributed by atoms with Crippen LogP contribution in [0.1, 0.15) is 18.7 Å². The fraction of sp³-hybridized carbons (Fsp3) is 0.167. The van der Waals surface area contributed by atoms with Crippen LogP contribution in [0.3, 0.4) is 0 Å². The molecule has 0 aliphatic heterocycles. The first-order valence-electron chi connectivity index (χ1n) is 4.92. The SMILES string of the molecule is CC(Nc1cccc(Cl)c1F)c1ccco1. The van der Waals surface area contributed by atoms with E-state index in [9.17, 15) is 4.39 Å². The molecule has 0 saturated carbocycles. The Morgan fingerprint density at radius 2 is 2.12 bits per heavy atom. The molecule has 1 aromatic heterocycles. The van der Waals surface area contributed by atoms with E-state index in [-0.39, 0.29) is 11.1 Å². The molecule has 0 radical (unpaired) electrons. The summed E-state index contributed by atoms with van der Waals surface area (Å²) in [6.45, 7) is 1.89. The largest absolute Gasteiger partial charge is 0.467 e. The molecule has 84 valence electrons. The third kappa shape index (κ3) is 2.19. The monoisotopic (exact) mass is 239 g/mol. The summed E-state index contributed by atoms with van der Waals surface area (Å²) in [6, 6.07) is 8.37. The predicted molar refractivity (Wildman–Crippen MR) is 62.2 cm³/mol. The molecule has 0 aliphatic carbocycles. The molecule has 4 heteroatoms. The van der Waals surface area contributed by atoms with Gasteiger partial charge in [-0.05, 0) is 31.2 Å². The van der Waals surface area contributed by atoms with Gasteiger partial charge in [-0.25, -0.2) is 4.39 Å². The van der Waals surface area contributed by atoms with Crippen molar-refractivity contribution in [3.63, 3.8) is 0 Å². The molecule has 16 heavy (non-hydrogen) atoms. The minimum Gasteiger partial charge on any atom is -0.467 e. The van der Waals surface area contributed by atoms with Gasteiger partial charge in [0.25, 0.3) is 0 Å². The zero-order chi connectivity index (χ0) is 11.5. The highest BCUT2D eigenvalue weighted by Crippen LogP contribution is 2.26. The second-order valence-electron chi connectivity index (χ2n) is 3.48. The number of benzene rings is 1. The second-order valence-corrected chi connectivity index (χ2v) is 3.89. The molecule has 0 saturated heterocycles. The van der Waals surface area contributed by atoms with Gasteiger partial charge in [-0.3, -0.25) is 0 Å². The van der Waals surface area contributed by atoms with E-state index in [1.54, 1.807) is 24.5 Å². The number of rotatable bonds is 3. The molecular weight excluding hydrogens is 229 g/mol. The molecule has 2 nitrogen and oxygen atoms in total. The van der Waals surface area contributed by atoms with E-state index < -0.39 is 5.82 Å². The van der Waals surface area contributed by atoms with Crippen molar-refractivity contribution in [1.82, 2.24) is 0 Å². The van der Waals surface area contributed by atoms with Gasteiger partial charge < -0.3 is 9.73 Å². The van der Waals surface area contributed by atoms with Gasteiger partial charge in [0.1, 0.15) is 5.76 Å². The van der Waals surface area contributed by atoms with Crippen molar-refractivity contribution in [2.75, 3.05) is 5.32 Å². The number of halogens is 2. The normalized spacial score (nSPS) is 12.4. The second kappa shape index (κ2) is 4.58. The maximum atomic E-state index is 13.6. The van der Waals surface area contributed by atoms with E-state index in [0.29, 0.717) is 5.69 Å². The minimum atomic E-state index is -0.442. The molecule has 1 aromatic carbocycles. The predicted octanol–water partition coefficient (Wildman–Crippen LogP) is 4.25. The van der Waals surface area contributed by atoms with Crippen LogP contribution in [0, 0.1) is 5.82 Å². The summed E-state index contributed by atoms with van der Waals surface area (Å²) in [6.07, 6.45) is 1.59. The maximum Gasteiger partial charge on any atom is 0.164 e. The van der Waals surface area contributed by atoms with Crippen molar-refractivity contribution in [2.24, 2.45) is 0 Å². The van der Waals surface area contributed by atoms with Crippen LogP contribution in [0.2, 0.25) is 5.02 Å². The number of hydrogen-bond acceptors (Lipinski definition) is 2. The standard InChI is InChI=1S/C12H11ClFNO/c1-8(11-6-3-7-16-11)15-10-5-2-4-9(13)12(10)14/h2-8,15H,1H3. The Kier molecular flexibility index (Phi) is 3.15. The summed E-state index contributed by atoms with van der Waals surface area (Å²) in [5.74, 6) is 0.307. The number of nitrogens with one attached hydrogen (secondary N) is 1. The Morgan fingerprint density at radius 1 is 1.31 bits per heavy atom. The molecule has 0 amide bonds. The van der Waals surface area contributed by atoms with Crippen LogP contribution in [0.4, 0.5) is 10.1 Å². The summed E-state index contributed by atoms with van der Waals surface area (Å²) in [7, 11) is 0. The molecule has 0 spiro atoms. The van der Waals surface area contributed by atoms with Gasteiger partial charge in [-0.2, -0.15) is 0 Å². The van der Waals surface area contributed by atoms with Crippen LogP contribution in [-0.4, -0.2) is 0 Å². The van der Waals surface area contributed by atoms with Crippen LogP contribution < -0.4 is 5.32 Å². The topological polar surface area (TPSA) is 25.2 Å². The average Bonchev–Trinajstić information content (AvgIpc) is 2.78. The van der Waals surface area contributed by atoms with Gasteiger partial charge in [0.15, 0.2) is 5.82 Å². The van der Waals surface area contributed by atoms with E-state index in [1.165, 1.54) is 6.07 Å². The lowest BCUT2D eigenvalue weighted by atomic mass is 10.2. The molecule has 0 fully saturated rings. The number of anilines is 1. The highest BCUT2D eigenvalue weighted by Gasteiger charge is 2.11. The fourth-order valence-electron chi connectivity index (χ4n) is 1.46. The number of hydrogen-bond donors (Lipinski definition) is 1. The van der Waals surface area contributed by atoms with Gasteiger partial charge in [0, 0.05) is 0 Å².